The number of nitrogens with zero attached hydrogens (tertiary/aromatic N) is 1. The second-order valence-corrected chi connectivity index (χ2v) is 6.36. The van der Waals surface area contributed by atoms with Crippen molar-refractivity contribution in [2.45, 2.75) is 32.2 Å². The standard InChI is InChI=1S/C20H20F3NO3/c1-13(15-3-5-16(21)6-4-15)10-19(25)24(9-8-20(26)27)12-14-2-7-17(22)18(23)11-14/h2-7,11,13H,8-10,12H2,1H3,(H,26,27). The van der Waals surface area contributed by atoms with Crippen molar-refractivity contribution in [2.24, 2.45) is 0 Å². The maximum Gasteiger partial charge on any atom is 0.305 e. The van der Waals surface area contributed by atoms with E-state index in [-0.39, 0.29) is 43.6 Å². The minimum Gasteiger partial charge on any atom is -0.481 e. The molecule has 27 heavy (non-hydrogen) atoms. The zero-order chi connectivity index (χ0) is 20.0. The number of halogens is 3. The molecule has 2 rings (SSSR count). The Morgan fingerprint density at radius 3 is 2.30 bits per heavy atom. The highest BCUT2D eigenvalue weighted by molar-refractivity contribution is 5.78. The largest absolute Gasteiger partial charge is 0.481 e. The van der Waals surface area contributed by atoms with Gasteiger partial charge in [0.2, 0.25) is 5.91 Å². The van der Waals surface area contributed by atoms with Crippen LogP contribution in [-0.2, 0) is 16.1 Å². The van der Waals surface area contributed by atoms with E-state index in [1.54, 1.807) is 19.1 Å². The average molecular weight is 379 g/mol. The summed E-state index contributed by atoms with van der Waals surface area (Å²) in [6.45, 7) is 1.72. The molecule has 144 valence electrons. The molecule has 4 nitrogen and oxygen atoms in total. The highest BCUT2D eigenvalue weighted by Crippen LogP contribution is 2.21. The maximum atomic E-state index is 13.4. The first-order valence-corrected chi connectivity index (χ1v) is 8.45. The number of carbonyl (C=O) groups is 2. The van der Waals surface area contributed by atoms with Gasteiger partial charge in [0.25, 0.3) is 0 Å². The molecule has 0 saturated heterocycles. The summed E-state index contributed by atoms with van der Waals surface area (Å²) in [6.07, 6.45) is -0.185. The first-order valence-electron chi connectivity index (χ1n) is 8.45. The fourth-order valence-corrected chi connectivity index (χ4v) is 2.68. The highest BCUT2D eigenvalue weighted by atomic mass is 19.2. The number of carboxylic acids is 1. The van der Waals surface area contributed by atoms with Gasteiger partial charge in [-0.15, -0.1) is 0 Å². The molecule has 0 aliphatic carbocycles. The summed E-state index contributed by atoms with van der Waals surface area (Å²) < 4.78 is 39.5. The third-order valence-electron chi connectivity index (χ3n) is 4.23. The Kier molecular flexibility index (Phi) is 6.98. The first kappa shape index (κ1) is 20.5. The summed E-state index contributed by atoms with van der Waals surface area (Å²) in [4.78, 5) is 24.8. The van der Waals surface area contributed by atoms with Crippen molar-refractivity contribution in [3.05, 3.63) is 71.0 Å². The van der Waals surface area contributed by atoms with E-state index in [0.717, 1.165) is 17.7 Å². The number of carbonyl (C=O) groups excluding carboxylic acids is 1. The second-order valence-electron chi connectivity index (χ2n) is 6.36. The van der Waals surface area contributed by atoms with Gasteiger partial charge in [-0.05, 0) is 41.3 Å². The quantitative estimate of drug-likeness (QED) is 0.751. The van der Waals surface area contributed by atoms with Crippen LogP contribution in [0.5, 0.6) is 0 Å². The molecule has 1 amide bonds. The van der Waals surface area contributed by atoms with Gasteiger partial charge in [0.1, 0.15) is 5.82 Å². The van der Waals surface area contributed by atoms with E-state index in [2.05, 4.69) is 0 Å². The minimum absolute atomic E-state index is 0.0283. The summed E-state index contributed by atoms with van der Waals surface area (Å²) >= 11 is 0. The third-order valence-corrected chi connectivity index (χ3v) is 4.23. The van der Waals surface area contributed by atoms with Gasteiger partial charge in [-0.1, -0.05) is 25.1 Å². The smallest absolute Gasteiger partial charge is 0.305 e. The van der Waals surface area contributed by atoms with Crippen molar-refractivity contribution < 1.29 is 27.9 Å². The number of hydrogen-bond donors (Lipinski definition) is 1. The maximum absolute atomic E-state index is 13.4. The fraction of sp³-hybridized carbons (Fsp3) is 0.300. The highest BCUT2D eigenvalue weighted by Gasteiger charge is 2.19. The van der Waals surface area contributed by atoms with Crippen LogP contribution in [0.25, 0.3) is 0 Å². The van der Waals surface area contributed by atoms with E-state index < -0.39 is 17.6 Å². The van der Waals surface area contributed by atoms with Gasteiger partial charge in [-0.25, -0.2) is 13.2 Å². The molecule has 0 spiro atoms. The summed E-state index contributed by atoms with van der Waals surface area (Å²) in [7, 11) is 0. The van der Waals surface area contributed by atoms with Crippen molar-refractivity contribution in [1.29, 1.82) is 0 Å². The SMILES string of the molecule is CC(CC(=O)N(CCC(=O)O)Cc1ccc(F)c(F)c1)c1ccc(F)cc1. The zero-order valence-electron chi connectivity index (χ0n) is 14.8. The normalized spacial score (nSPS) is 11.9. The van der Waals surface area contributed by atoms with Crippen molar-refractivity contribution in [3.63, 3.8) is 0 Å². The fourth-order valence-electron chi connectivity index (χ4n) is 2.68. The number of carboxylic acid groups (broad SMARTS) is 1. The molecule has 0 heterocycles. The third kappa shape index (κ3) is 6.13. The molecule has 0 radical (unpaired) electrons. The molecule has 0 aliphatic rings. The van der Waals surface area contributed by atoms with Crippen LogP contribution in [0.1, 0.15) is 36.8 Å². The van der Waals surface area contributed by atoms with Crippen LogP contribution in [0.3, 0.4) is 0 Å². The van der Waals surface area contributed by atoms with Gasteiger partial charge in [-0.3, -0.25) is 9.59 Å². The summed E-state index contributed by atoms with van der Waals surface area (Å²) in [5.74, 6) is -4.00. The van der Waals surface area contributed by atoms with Crippen LogP contribution in [-0.4, -0.2) is 28.4 Å². The Labute approximate surface area is 155 Å². The van der Waals surface area contributed by atoms with Gasteiger partial charge in [0.05, 0.1) is 6.42 Å². The van der Waals surface area contributed by atoms with E-state index in [9.17, 15) is 22.8 Å². The number of aliphatic carboxylic acids is 1. The lowest BCUT2D eigenvalue weighted by molar-refractivity contribution is -0.138. The number of hydrogen-bond acceptors (Lipinski definition) is 2. The predicted octanol–water partition coefficient (Wildman–Crippen LogP) is 4.10. The van der Waals surface area contributed by atoms with E-state index in [4.69, 9.17) is 5.11 Å². The predicted molar refractivity (Wildman–Crippen MR) is 93.5 cm³/mol. The van der Waals surface area contributed by atoms with Crippen molar-refractivity contribution in [2.75, 3.05) is 6.54 Å². The van der Waals surface area contributed by atoms with Crippen LogP contribution in [0.2, 0.25) is 0 Å². The Bertz CT molecular complexity index is 809. The molecule has 2 aromatic rings. The van der Waals surface area contributed by atoms with Crippen molar-refractivity contribution in [3.8, 4) is 0 Å². The van der Waals surface area contributed by atoms with Gasteiger partial charge in [0, 0.05) is 19.5 Å². The Morgan fingerprint density at radius 1 is 1.04 bits per heavy atom. The molecule has 1 N–H and O–H groups in total. The van der Waals surface area contributed by atoms with Crippen molar-refractivity contribution in [1.82, 2.24) is 4.90 Å². The number of rotatable bonds is 8. The first-order chi connectivity index (χ1) is 12.8. The monoisotopic (exact) mass is 379 g/mol. The summed E-state index contributed by atoms with van der Waals surface area (Å²) in [5, 5.41) is 8.89. The Morgan fingerprint density at radius 2 is 1.70 bits per heavy atom. The molecule has 2 aromatic carbocycles. The molecule has 0 saturated carbocycles. The number of benzene rings is 2. The lowest BCUT2D eigenvalue weighted by Gasteiger charge is -2.24. The van der Waals surface area contributed by atoms with E-state index in [1.165, 1.54) is 23.1 Å². The van der Waals surface area contributed by atoms with Crippen molar-refractivity contribution >= 4 is 11.9 Å². The lowest BCUT2D eigenvalue weighted by Crippen LogP contribution is -2.33. The van der Waals surface area contributed by atoms with Crippen LogP contribution in [0, 0.1) is 17.5 Å². The molecule has 0 bridgehead atoms. The molecule has 1 atom stereocenters. The summed E-state index contributed by atoms with van der Waals surface area (Å²) in [5.41, 5.74) is 1.14. The molecular weight excluding hydrogens is 359 g/mol. The van der Waals surface area contributed by atoms with Crippen LogP contribution in [0.4, 0.5) is 13.2 Å². The second kappa shape index (κ2) is 9.21. The van der Waals surface area contributed by atoms with E-state index in [1.807, 2.05) is 0 Å². The minimum atomic E-state index is -1.07. The molecule has 0 aliphatic heterocycles. The van der Waals surface area contributed by atoms with Crippen LogP contribution < -0.4 is 0 Å². The molecule has 0 fully saturated rings. The average Bonchev–Trinajstić information content (AvgIpc) is 2.61. The molecular formula is C20H20F3NO3. The van der Waals surface area contributed by atoms with Gasteiger partial charge in [-0.2, -0.15) is 0 Å². The zero-order valence-corrected chi connectivity index (χ0v) is 14.8. The topological polar surface area (TPSA) is 57.6 Å². The van der Waals surface area contributed by atoms with E-state index in [0.29, 0.717) is 5.56 Å². The molecule has 7 heteroatoms. The van der Waals surface area contributed by atoms with Gasteiger partial charge >= 0.3 is 5.97 Å². The Balaban J connectivity index is 2.11. The van der Waals surface area contributed by atoms with Crippen LogP contribution in [0.15, 0.2) is 42.5 Å². The van der Waals surface area contributed by atoms with Gasteiger partial charge < -0.3 is 10.0 Å². The summed E-state index contributed by atoms with van der Waals surface area (Å²) in [6, 6.07) is 9.09. The van der Waals surface area contributed by atoms with E-state index >= 15 is 0 Å². The van der Waals surface area contributed by atoms with Gasteiger partial charge in [0.15, 0.2) is 11.6 Å². The molecule has 1 unspecified atom stereocenters. The molecule has 0 aromatic heterocycles. The number of amides is 1. The van der Waals surface area contributed by atoms with Crippen LogP contribution >= 0.6 is 0 Å². The Hall–Kier alpha value is -2.83. The lowest BCUT2D eigenvalue weighted by atomic mass is 9.97.